The molecule has 0 aromatic heterocycles. The molecule has 7 nitrogen and oxygen atoms in total. The smallest absolute Gasteiger partial charge is 0.321 e. The van der Waals surface area contributed by atoms with Crippen molar-refractivity contribution in [3.8, 4) is 0 Å². The van der Waals surface area contributed by atoms with E-state index in [2.05, 4.69) is 5.14 Å². The molecule has 1 atom stereocenters. The van der Waals surface area contributed by atoms with Gasteiger partial charge in [0.05, 0.1) is 0 Å². The van der Waals surface area contributed by atoms with Crippen LogP contribution in [0.1, 0.15) is 12.8 Å². The number of aliphatic carboxylic acids is 1. The van der Waals surface area contributed by atoms with Crippen LogP contribution in [0.4, 0.5) is 0 Å². The van der Waals surface area contributed by atoms with Gasteiger partial charge in [-0.2, -0.15) is 13.1 Å². The van der Waals surface area contributed by atoms with Crippen LogP contribution in [0, 0.1) is 0 Å². The highest BCUT2D eigenvalue weighted by molar-refractivity contribution is 7.87. The van der Waals surface area contributed by atoms with E-state index in [1.54, 1.807) is 0 Å². The Morgan fingerprint density at radius 3 is 2.57 bits per heavy atom. The fraction of sp³-hybridized carbons (Fsp3) is 0.833. The fourth-order valence-corrected chi connectivity index (χ4v) is 1.48. The summed E-state index contributed by atoms with van der Waals surface area (Å²) in [6.07, 6.45) is 0.579. The minimum Gasteiger partial charge on any atom is -0.480 e. The Kier molecular flexibility index (Phi) is 5.62. The first kappa shape index (κ1) is 13.3. The van der Waals surface area contributed by atoms with Crippen LogP contribution >= 0.6 is 0 Å². The molecule has 0 spiro atoms. The second-order valence-corrected chi connectivity index (χ2v) is 4.01. The van der Waals surface area contributed by atoms with Gasteiger partial charge in [0.2, 0.25) is 0 Å². The van der Waals surface area contributed by atoms with Gasteiger partial charge in [-0.05, 0) is 12.8 Å². The lowest BCUT2D eigenvalue weighted by atomic mass is 10.2. The molecule has 0 aromatic rings. The Hall–Kier alpha value is -0.700. The quantitative estimate of drug-likeness (QED) is 0.464. The molecule has 0 radical (unpaired) electrons. The number of methoxy groups -OCH3 is 1. The van der Waals surface area contributed by atoms with Crippen LogP contribution in [-0.4, -0.2) is 39.3 Å². The summed E-state index contributed by atoms with van der Waals surface area (Å²) < 4.78 is 27.6. The third-order valence-electron chi connectivity index (χ3n) is 1.45. The predicted molar refractivity (Wildman–Crippen MR) is 48.8 cm³/mol. The van der Waals surface area contributed by atoms with Gasteiger partial charge >= 0.3 is 5.97 Å². The molecule has 0 aliphatic carbocycles. The van der Waals surface area contributed by atoms with E-state index in [1.165, 1.54) is 7.11 Å². The van der Waals surface area contributed by atoms with Crippen LogP contribution in [0.2, 0.25) is 0 Å². The van der Waals surface area contributed by atoms with Crippen LogP contribution in [-0.2, 0) is 19.7 Å². The number of nitrogens with two attached hydrogens (primary N) is 1. The molecule has 4 N–H and O–H groups in total. The summed E-state index contributed by atoms with van der Waals surface area (Å²) in [5, 5.41) is 13.3. The maximum Gasteiger partial charge on any atom is 0.321 e. The van der Waals surface area contributed by atoms with Gasteiger partial charge in [-0.25, -0.2) is 5.14 Å². The number of carboxylic acids is 1. The first-order chi connectivity index (χ1) is 6.37. The second-order valence-electron chi connectivity index (χ2n) is 2.69. The Bertz CT molecular complexity index is 276. The lowest BCUT2D eigenvalue weighted by molar-refractivity contribution is -0.139. The Morgan fingerprint density at radius 2 is 2.21 bits per heavy atom. The van der Waals surface area contributed by atoms with E-state index in [9.17, 15) is 13.2 Å². The zero-order valence-corrected chi connectivity index (χ0v) is 8.58. The standard InChI is InChI=1S/C6H14N2O5S/c1-13-4-2-3-5(6(9)10)8-14(7,11)12/h5,8H,2-4H2,1H3,(H,9,10)(H2,7,11,12). The molecule has 0 rings (SSSR count). The highest BCUT2D eigenvalue weighted by Crippen LogP contribution is 1.98. The van der Waals surface area contributed by atoms with Crippen molar-refractivity contribution >= 4 is 16.2 Å². The van der Waals surface area contributed by atoms with Crippen LogP contribution in [0.15, 0.2) is 0 Å². The molecule has 0 bridgehead atoms. The molecule has 0 saturated carbocycles. The van der Waals surface area contributed by atoms with Gasteiger partial charge in [0.1, 0.15) is 6.04 Å². The van der Waals surface area contributed by atoms with Crippen molar-refractivity contribution in [3.63, 3.8) is 0 Å². The van der Waals surface area contributed by atoms with E-state index in [0.717, 1.165) is 0 Å². The van der Waals surface area contributed by atoms with Gasteiger partial charge in [-0.3, -0.25) is 4.79 Å². The molecule has 0 aliphatic heterocycles. The Balaban J connectivity index is 4.11. The van der Waals surface area contributed by atoms with Crippen molar-refractivity contribution in [2.24, 2.45) is 5.14 Å². The molecule has 0 amide bonds. The molecule has 0 aromatic carbocycles. The minimum atomic E-state index is -3.98. The van der Waals surface area contributed by atoms with Crippen molar-refractivity contribution in [1.29, 1.82) is 0 Å². The predicted octanol–water partition coefficient (Wildman–Crippen LogP) is -1.34. The van der Waals surface area contributed by atoms with Crippen molar-refractivity contribution in [2.75, 3.05) is 13.7 Å². The SMILES string of the molecule is COCCCC(NS(N)(=O)=O)C(=O)O. The number of nitrogens with one attached hydrogen (secondary N) is 1. The molecule has 14 heavy (non-hydrogen) atoms. The average Bonchev–Trinajstić information content (AvgIpc) is 2.00. The average molecular weight is 226 g/mol. The first-order valence-electron chi connectivity index (χ1n) is 3.88. The summed E-state index contributed by atoms with van der Waals surface area (Å²) in [5.41, 5.74) is 0. The van der Waals surface area contributed by atoms with Gasteiger partial charge in [0.25, 0.3) is 10.2 Å². The number of hydrogen-bond acceptors (Lipinski definition) is 4. The molecular weight excluding hydrogens is 212 g/mol. The van der Waals surface area contributed by atoms with E-state index < -0.39 is 22.2 Å². The minimum absolute atomic E-state index is 0.138. The van der Waals surface area contributed by atoms with Crippen LogP contribution < -0.4 is 9.86 Å². The topological polar surface area (TPSA) is 119 Å². The highest BCUT2D eigenvalue weighted by Gasteiger charge is 2.20. The van der Waals surface area contributed by atoms with Crippen molar-refractivity contribution in [1.82, 2.24) is 4.72 Å². The summed E-state index contributed by atoms with van der Waals surface area (Å²) in [6, 6.07) is -1.19. The van der Waals surface area contributed by atoms with E-state index in [1.807, 2.05) is 4.72 Å². The fourth-order valence-electron chi connectivity index (χ4n) is 0.863. The number of carboxylic acid groups (broad SMARTS) is 1. The Morgan fingerprint density at radius 1 is 1.64 bits per heavy atom. The van der Waals surface area contributed by atoms with Crippen LogP contribution in [0.3, 0.4) is 0 Å². The number of carbonyl (C=O) groups is 1. The van der Waals surface area contributed by atoms with E-state index in [0.29, 0.717) is 13.0 Å². The third kappa shape index (κ3) is 6.78. The molecule has 0 aliphatic rings. The molecule has 0 saturated heterocycles. The van der Waals surface area contributed by atoms with Crippen molar-refractivity contribution in [3.05, 3.63) is 0 Å². The van der Waals surface area contributed by atoms with Gasteiger partial charge < -0.3 is 9.84 Å². The highest BCUT2D eigenvalue weighted by atomic mass is 32.2. The van der Waals surface area contributed by atoms with E-state index >= 15 is 0 Å². The zero-order valence-electron chi connectivity index (χ0n) is 7.76. The maximum absolute atomic E-state index is 10.6. The van der Waals surface area contributed by atoms with E-state index in [4.69, 9.17) is 9.84 Å². The van der Waals surface area contributed by atoms with Crippen LogP contribution in [0.5, 0.6) is 0 Å². The lowest BCUT2D eigenvalue weighted by Crippen LogP contribution is -2.44. The summed E-state index contributed by atoms with van der Waals surface area (Å²) >= 11 is 0. The molecule has 8 heteroatoms. The molecule has 0 fully saturated rings. The van der Waals surface area contributed by atoms with Crippen molar-refractivity contribution in [2.45, 2.75) is 18.9 Å². The van der Waals surface area contributed by atoms with Gasteiger partial charge in [0, 0.05) is 13.7 Å². The Labute approximate surface area is 82.4 Å². The normalized spacial score (nSPS) is 13.9. The second kappa shape index (κ2) is 5.91. The zero-order chi connectivity index (χ0) is 11.2. The molecular formula is C6H14N2O5S. The van der Waals surface area contributed by atoms with E-state index in [-0.39, 0.29) is 6.42 Å². The summed E-state index contributed by atoms with van der Waals surface area (Å²) in [5.74, 6) is -1.25. The number of rotatable bonds is 7. The molecule has 1 unspecified atom stereocenters. The summed E-state index contributed by atoms with van der Waals surface area (Å²) in [4.78, 5) is 10.5. The van der Waals surface area contributed by atoms with Crippen molar-refractivity contribution < 1.29 is 23.1 Å². The number of hydrogen-bond donors (Lipinski definition) is 3. The molecule has 0 heterocycles. The first-order valence-corrected chi connectivity index (χ1v) is 5.43. The maximum atomic E-state index is 10.6. The largest absolute Gasteiger partial charge is 0.480 e. The molecule has 84 valence electrons. The lowest BCUT2D eigenvalue weighted by Gasteiger charge is -2.11. The number of ether oxygens (including phenoxy) is 1. The summed E-state index contributed by atoms with van der Waals surface area (Å²) in [6.45, 7) is 0.371. The van der Waals surface area contributed by atoms with Gasteiger partial charge in [-0.15, -0.1) is 0 Å². The monoisotopic (exact) mass is 226 g/mol. The third-order valence-corrected chi connectivity index (χ3v) is 2.06. The summed E-state index contributed by atoms with van der Waals surface area (Å²) in [7, 11) is -2.50. The van der Waals surface area contributed by atoms with Gasteiger partial charge in [-0.1, -0.05) is 0 Å². The van der Waals surface area contributed by atoms with Gasteiger partial charge in [0.15, 0.2) is 0 Å². The van der Waals surface area contributed by atoms with Crippen LogP contribution in [0.25, 0.3) is 0 Å².